The molecule has 0 aliphatic rings. The maximum atomic E-state index is 3.61. The molecule has 1 aromatic carbocycles. The predicted octanol–water partition coefficient (Wildman–Crippen LogP) is 5.40. The van der Waals surface area contributed by atoms with E-state index >= 15 is 0 Å². The van der Waals surface area contributed by atoms with Gasteiger partial charge in [-0.15, -0.1) is 0 Å². The minimum Gasteiger partial charge on any atom is -0.313 e. The van der Waals surface area contributed by atoms with Gasteiger partial charge in [-0.2, -0.15) is 0 Å². The van der Waals surface area contributed by atoms with Crippen molar-refractivity contribution in [3.05, 3.63) is 33.3 Å². The van der Waals surface area contributed by atoms with Crippen molar-refractivity contribution in [2.24, 2.45) is 11.3 Å². The smallest absolute Gasteiger partial charge is 0.0323 e. The summed E-state index contributed by atoms with van der Waals surface area (Å²) < 4.78 is 1.20. The number of rotatable bonds is 4. The summed E-state index contributed by atoms with van der Waals surface area (Å²) in [5.74, 6) is 0.674. The lowest BCUT2D eigenvalue weighted by molar-refractivity contribution is 0.226. The van der Waals surface area contributed by atoms with Gasteiger partial charge in [-0.3, -0.25) is 0 Å². The van der Waals surface area contributed by atoms with Gasteiger partial charge in [0.25, 0.3) is 0 Å². The van der Waals surface area contributed by atoms with Gasteiger partial charge in [0.15, 0.2) is 0 Å². The van der Waals surface area contributed by atoms with E-state index in [9.17, 15) is 0 Å². The zero-order valence-electron chi connectivity index (χ0n) is 13.4. The summed E-state index contributed by atoms with van der Waals surface area (Å²) in [5, 5.41) is 3.49. The van der Waals surface area contributed by atoms with Gasteiger partial charge in [-0.1, -0.05) is 49.7 Å². The van der Waals surface area contributed by atoms with Crippen molar-refractivity contribution < 1.29 is 0 Å². The summed E-state index contributed by atoms with van der Waals surface area (Å²) >= 11 is 3.61. The monoisotopic (exact) mass is 325 g/mol. The first-order valence-corrected chi connectivity index (χ1v) is 7.90. The Morgan fingerprint density at radius 2 is 1.74 bits per heavy atom. The summed E-state index contributed by atoms with van der Waals surface area (Å²) in [6, 6.07) is 4.98. The second-order valence-electron chi connectivity index (χ2n) is 6.80. The molecule has 2 atom stereocenters. The van der Waals surface area contributed by atoms with E-state index < -0.39 is 0 Å². The number of benzene rings is 1. The van der Waals surface area contributed by atoms with E-state index in [1.165, 1.54) is 27.6 Å². The van der Waals surface area contributed by atoms with E-state index in [-0.39, 0.29) is 0 Å². The third-order valence-corrected chi connectivity index (χ3v) is 5.19. The van der Waals surface area contributed by atoms with Crippen LogP contribution in [0.25, 0.3) is 0 Å². The first-order valence-electron chi connectivity index (χ1n) is 7.10. The fourth-order valence-corrected chi connectivity index (χ4v) is 2.74. The van der Waals surface area contributed by atoms with Gasteiger partial charge in [-0.25, -0.2) is 0 Å². The van der Waals surface area contributed by atoms with Crippen molar-refractivity contribution in [1.82, 2.24) is 5.32 Å². The number of aryl methyl sites for hydroxylation is 2. The quantitative estimate of drug-likeness (QED) is 0.781. The molecule has 1 N–H and O–H groups in total. The Morgan fingerprint density at radius 3 is 2.21 bits per heavy atom. The molecule has 2 unspecified atom stereocenters. The molecular formula is C17H28BrN. The highest BCUT2D eigenvalue weighted by atomic mass is 79.9. The zero-order valence-corrected chi connectivity index (χ0v) is 15.0. The Kier molecular flexibility index (Phi) is 5.64. The Labute approximate surface area is 127 Å². The second-order valence-corrected chi connectivity index (χ2v) is 7.66. The molecule has 19 heavy (non-hydrogen) atoms. The normalized spacial score (nSPS) is 15.4. The van der Waals surface area contributed by atoms with E-state index in [2.05, 4.69) is 82.0 Å². The molecule has 1 aromatic rings. The number of nitrogens with one attached hydrogen (secondary N) is 1. The summed E-state index contributed by atoms with van der Waals surface area (Å²) in [6.45, 7) is 13.7. The first kappa shape index (κ1) is 16.7. The highest BCUT2D eigenvalue weighted by Gasteiger charge is 2.24. The minimum absolute atomic E-state index is 0.355. The highest BCUT2D eigenvalue weighted by molar-refractivity contribution is 9.10. The largest absolute Gasteiger partial charge is 0.313 e. The summed E-state index contributed by atoms with van der Waals surface area (Å²) in [5.41, 5.74) is 4.45. The molecule has 108 valence electrons. The molecule has 0 fully saturated rings. The van der Waals surface area contributed by atoms with E-state index in [4.69, 9.17) is 0 Å². The van der Waals surface area contributed by atoms with Crippen LogP contribution in [0.4, 0.5) is 0 Å². The lowest BCUT2D eigenvalue weighted by atomic mass is 9.77. The van der Waals surface area contributed by atoms with Crippen LogP contribution in [0.3, 0.4) is 0 Å². The minimum atomic E-state index is 0.355. The molecule has 0 aromatic heterocycles. The highest BCUT2D eigenvalue weighted by Crippen LogP contribution is 2.35. The van der Waals surface area contributed by atoms with Crippen LogP contribution in [0.1, 0.15) is 56.8 Å². The molecule has 0 heterocycles. The van der Waals surface area contributed by atoms with Crippen LogP contribution in [-0.4, -0.2) is 7.05 Å². The first-order chi connectivity index (χ1) is 8.66. The maximum absolute atomic E-state index is 3.61. The van der Waals surface area contributed by atoms with E-state index in [1.807, 2.05) is 0 Å². The Bertz CT molecular complexity index is 432. The van der Waals surface area contributed by atoms with Crippen LogP contribution in [0.2, 0.25) is 0 Å². The average Bonchev–Trinajstić information content (AvgIpc) is 2.29. The SMILES string of the molecule is CNC(CC(C)C(C)(C)C)c1cc(C)c(Br)cc1C. The molecule has 0 amide bonds. The Morgan fingerprint density at radius 1 is 1.16 bits per heavy atom. The van der Waals surface area contributed by atoms with Crippen molar-refractivity contribution >= 4 is 15.9 Å². The van der Waals surface area contributed by atoms with Crippen molar-refractivity contribution in [3.8, 4) is 0 Å². The standard InChI is InChI=1S/C17H28BrN/c1-11-9-15(18)12(2)8-14(11)16(19-7)10-13(3)17(4,5)6/h8-9,13,16,19H,10H2,1-7H3. The topological polar surface area (TPSA) is 12.0 Å². The van der Waals surface area contributed by atoms with Crippen molar-refractivity contribution in [2.45, 2.75) is 54.0 Å². The Balaban J connectivity index is 3.01. The number of hydrogen-bond acceptors (Lipinski definition) is 1. The van der Waals surface area contributed by atoms with Crippen LogP contribution in [0, 0.1) is 25.2 Å². The summed E-state index contributed by atoms with van der Waals surface area (Å²) in [6.07, 6.45) is 1.17. The molecule has 0 spiro atoms. The van der Waals surface area contributed by atoms with Gasteiger partial charge in [0.2, 0.25) is 0 Å². The van der Waals surface area contributed by atoms with Gasteiger partial charge >= 0.3 is 0 Å². The molecule has 0 saturated heterocycles. The average molecular weight is 326 g/mol. The molecular weight excluding hydrogens is 298 g/mol. The summed E-state index contributed by atoms with van der Waals surface area (Å²) in [4.78, 5) is 0. The van der Waals surface area contributed by atoms with Crippen molar-refractivity contribution in [1.29, 1.82) is 0 Å². The fourth-order valence-electron chi connectivity index (χ4n) is 2.29. The van der Waals surface area contributed by atoms with Crippen molar-refractivity contribution in [3.63, 3.8) is 0 Å². The lowest BCUT2D eigenvalue weighted by Crippen LogP contribution is -2.26. The van der Waals surface area contributed by atoms with Gasteiger partial charge in [0, 0.05) is 10.5 Å². The zero-order chi connectivity index (χ0) is 14.8. The third kappa shape index (κ3) is 4.32. The van der Waals surface area contributed by atoms with Gasteiger partial charge in [0.1, 0.15) is 0 Å². The van der Waals surface area contributed by atoms with Crippen LogP contribution in [0.15, 0.2) is 16.6 Å². The van der Waals surface area contributed by atoms with E-state index in [0.29, 0.717) is 17.4 Å². The fraction of sp³-hybridized carbons (Fsp3) is 0.647. The molecule has 0 aliphatic carbocycles. The van der Waals surface area contributed by atoms with E-state index in [1.54, 1.807) is 0 Å². The molecule has 0 radical (unpaired) electrons. The van der Waals surface area contributed by atoms with Crippen LogP contribution < -0.4 is 5.32 Å². The van der Waals surface area contributed by atoms with Crippen LogP contribution in [-0.2, 0) is 0 Å². The number of hydrogen-bond donors (Lipinski definition) is 1. The van der Waals surface area contributed by atoms with Gasteiger partial charge in [0.05, 0.1) is 0 Å². The molecule has 0 bridgehead atoms. The number of halogens is 1. The van der Waals surface area contributed by atoms with Crippen molar-refractivity contribution in [2.75, 3.05) is 7.05 Å². The Hall–Kier alpha value is -0.340. The van der Waals surface area contributed by atoms with Crippen LogP contribution in [0.5, 0.6) is 0 Å². The second kappa shape index (κ2) is 6.41. The predicted molar refractivity (Wildman–Crippen MR) is 88.7 cm³/mol. The molecule has 0 saturated carbocycles. The maximum Gasteiger partial charge on any atom is 0.0323 e. The summed E-state index contributed by atoms with van der Waals surface area (Å²) in [7, 11) is 2.07. The molecule has 2 heteroatoms. The molecule has 1 rings (SSSR count). The lowest BCUT2D eigenvalue weighted by Gasteiger charge is -2.31. The van der Waals surface area contributed by atoms with Gasteiger partial charge < -0.3 is 5.32 Å². The third-order valence-electron chi connectivity index (χ3n) is 4.34. The molecule has 0 aliphatic heterocycles. The van der Waals surface area contributed by atoms with Crippen LogP contribution >= 0.6 is 15.9 Å². The van der Waals surface area contributed by atoms with E-state index in [0.717, 1.165) is 0 Å². The molecule has 1 nitrogen and oxygen atoms in total. The van der Waals surface area contributed by atoms with Gasteiger partial charge in [-0.05, 0) is 61.4 Å².